The largest absolute Gasteiger partial charge is 0.0763 e. The highest BCUT2D eigenvalue weighted by atomic mass is 79.9. The van der Waals surface area contributed by atoms with Gasteiger partial charge in [0.15, 0.2) is 0 Å². The van der Waals surface area contributed by atoms with Gasteiger partial charge in [-0.05, 0) is 46.4 Å². The average Bonchev–Trinajstić information content (AvgIpc) is 2.73. The molecule has 0 radical (unpaired) electrons. The van der Waals surface area contributed by atoms with Crippen molar-refractivity contribution in [3.8, 4) is 0 Å². The van der Waals surface area contributed by atoms with Crippen molar-refractivity contribution in [2.75, 3.05) is 0 Å². The molecule has 0 saturated carbocycles. The van der Waals surface area contributed by atoms with E-state index in [4.69, 9.17) is 0 Å². The fraction of sp³-hybridized carbons (Fsp3) is 0.250. The summed E-state index contributed by atoms with van der Waals surface area (Å²) in [5, 5.41) is 2.73. The Morgan fingerprint density at radius 1 is 1.18 bits per heavy atom. The molecule has 0 spiro atoms. The lowest BCUT2D eigenvalue weighted by Crippen LogP contribution is -1.89. The van der Waals surface area contributed by atoms with Crippen molar-refractivity contribution in [1.82, 2.24) is 0 Å². The Hall–Kier alpha value is -1.08. The van der Waals surface area contributed by atoms with Gasteiger partial charge in [-0.25, -0.2) is 0 Å². The van der Waals surface area contributed by atoms with E-state index in [-0.39, 0.29) is 0 Å². The second-order valence-electron chi connectivity index (χ2n) is 4.62. The third-order valence-electron chi connectivity index (χ3n) is 3.48. The number of rotatable bonds is 2. The van der Waals surface area contributed by atoms with Gasteiger partial charge in [0.1, 0.15) is 0 Å². The molecule has 86 valence electrons. The highest BCUT2D eigenvalue weighted by Crippen LogP contribution is 2.39. The maximum Gasteiger partial charge on any atom is 0.0257 e. The summed E-state index contributed by atoms with van der Waals surface area (Å²) in [6.45, 7) is 2.25. The number of halogens is 1. The van der Waals surface area contributed by atoms with Crippen molar-refractivity contribution < 1.29 is 0 Å². The van der Waals surface area contributed by atoms with Crippen molar-refractivity contribution in [1.29, 1.82) is 0 Å². The van der Waals surface area contributed by atoms with Gasteiger partial charge in [0.25, 0.3) is 0 Å². The van der Waals surface area contributed by atoms with Crippen LogP contribution in [0.15, 0.2) is 40.9 Å². The van der Waals surface area contributed by atoms with Crippen LogP contribution in [0.3, 0.4) is 0 Å². The molecular weight excluding hydrogens is 272 g/mol. The topological polar surface area (TPSA) is 0 Å². The summed E-state index contributed by atoms with van der Waals surface area (Å²) in [7, 11) is 0. The maximum atomic E-state index is 3.69. The predicted octanol–water partition coefficient (Wildman–Crippen LogP) is 5.34. The molecule has 0 N–H and O–H groups in total. The molecule has 0 atom stereocenters. The fourth-order valence-corrected chi connectivity index (χ4v) is 3.38. The van der Waals surface area contributed by atoms with E-state index in [1.54, 1.807) is 0 Å². The number of hydrogen-bond donors (Lipinski definition) is 0. The van der Waals surface area contributed by atoms with Gasteiger partial charge in [-0.1, -0.05) is 59.6 Å². The van der Waals surface area contributed by atoms with E-state index in [0.717, 1.165) is 6.42 Å². The van der Waals surface area contributed by atoms with Gasteiger partial charge in [0.2, 0.25) is 0 Å². The molecule has 0 unspecified atom stereocenters. The third kappa shape index (κ3) is 1.73. The summed E-state index contributed by atoms with van der Waals surface area (Å²) < 4.78 is 1.22. The molecule has 1 heteroatoms. The van der Waals surface area contributed by atoms with Crippen LogP contribution in [0.5, 0.6) is 0 Å². The maximum absolute atomic E-state index is 3.69. The van der Waals surface area contributed by atoms with Crippen LogP contribution in [0.25, 0.3) is 16.3 Å². The fourth-order valence-electron chi connectivity index (χ4n) is 2.76. The van der Waals surface area contributed by atoms with Crippen molar-refractivity contribution >= 4 is 32.3 Å². The van der Waals surface area contributed by atoms with Gasteiger partial charge in [-0.3, -0.25) is 0 Å². The molecule has 0 heterocycles. The molecule has 0 saturated heterocycles. The highest BCUT2D eigenvalue weighted by molar-refractivity contribution is 9.10. The van der Waals surface area contributed by atoms with Gasteiger partial charge in [0, 0.05) is 4.47 Å². The number of fused-ring (bicyclic) bond motifs is 3. The van der Waals surface area contributed by atoms with E-state index in [0.29, 0.717) is 0 Å². The molecule has 0 aliphatic heterocycles. The Bertz CT molecular complexity index is 608. The molecule has 2 aromatic carbocycles. The zero-order chi connectivity index (χ0) is 11.8. The first-order valence-electron chi connectivity index (χ1n) is 6.20. The Morgan fingerprint density at radius 3 is 2.71 bits per heavy atom. The second kappa shape index (κ2) is 4.30. The van der Waals surface area contributed by atoms with Crippen molar-refractivity contribution in [2.45, 2.75) is 26.2 Å². The molecule has 2 aromatic rings. The van der Waals surface area contributed by atoms with Crippen molar-refractivity contribution in [3.63, 3.8) is 0 Å². The Balaban J connectivity index is 2.30. The minimum absolute atomic E-state index is 1.09. The van der Waals surface area contributed by atoms with Gasteiger partial charge in [-0.15, -0.1) is 0 Å². The van der Waals surface area contributed by atoms with Gasteiger partial charge in [-0.2, -0.15) is 0 Å². The monoisotopic (exact) mass is 286 g/mol. The minimum Gasteiger partial charge on any atom is -0.0763 e. The van der Waals surface area contributed by atoms with E-state index in [1.165, 1.54) is 44.8 Å². The summed E-state index contributed by atoms with van der Waals surface area (Å²) in [5.41, 5.74) is 4.50. The van der Waals surface area contributed by atoms with Crippen molar-refractivity contribution in [3.05, 3.63) is 52.0 Å². The van der Waals surface area contributed by atoms with E-state index in [2.05, 4.69) is 59.3 Å². The predicted molar refractivity (Wildman–Crippen MR) is 78.2 cm³/mol. The lowest BCUT2D eigenvalue weighted by Gasteiger charge is -2.11. The summed E-state index contributed by atoms with van der Waals surface area (Å²) >= 11 is 3.69. The number of allylic oxidation sites excluding steroid dienone is 2. The highest BCUT2D eigenvalue weighted by Gasteiger charge is 2.17. The van der Waals surface area contributed by atoms with Crippen molar-refractivity contribution in [2.24, 2.45) is 0 Å². The SMILES string of the molecule is CCCC1=CCc2cc(Br)c3ccccc3c21. The van der Waals surface area contributed by atoms with Gasteiger partial charge >= 0.3 is 0 Å². The first kappa shape index (κ1) is 11.0. The third-order valence-corrected chi connectivity index (χ3v) is 4.14. The quantitative estimate of drug-likeness (QED) is 0.699. The van der Waals surface area contributed by atoms with Crippen LogP contribution in [0.1, 0.15) is 30.9 Å². The summed E-state index contributed by atoms with van der Waals surface area (Å²) in [5.74, 6) is 0. The number of hydrogen-bond acceptors (Lipinski definition) is 0. The zero-order valence-electron chi connectivity index (χ0n) is 9.96. The van der Waals surface area contributed by atoms with E-state index < -0.39 is 0 Å². The van der Waals surface area contributed by atoms with Crippen LogP contribution >= 0.6 is 15.9 Å². The standard InChI is InChI=1S/C16H15Br/c1-2-5-11-8-9-12-10-15(17)13-6-3-4-7-14(13)16(11)12/h3-4,6-8,10H,2,5,9H2,1H3. The van der Waals surface area contributed by atoms with Crippen LogP contribution in [0.4, 0.5) is 0 Å². The normalized spacial score (nSPS) is 13.9. The van der Waals surface area contributed by atoms with E-state index in [1.807, 2.05) is 0 Å². The molecule has 0 bridgehead atoms. The van der Waals surface area contributed by atoms with Crippen LogP contribution < -0.4 is 0 Å². The second-order valence-corrected chi connectivity index (χ2v) is 5.48. The van der Waals surface area contributed by atoms with E-state index >= 15 is 0 Å². The average molecular weight is 287 g/mol. The molecule has 0 fully saturated rings. The van der Waals surface area contributed by atoms with Crippen LogP contribution in [0.2, 0.25) is 0 Å². The van der Waals surface area contributed by atoms with Crippen LogP contribution in [-0.4, -0.2) is 0 Å². The molecule has 17 heavy (non-hydrogen) atoms. The smallest absolute Gasteiger partial charge is 0.0257 e. The summed E-state index contributed by atoms with van der Waals surface area (Å²) in [6.07, 6.45) is 5.90. The first-order chi connectivity index (χ1) is 8.31. The lowest BCUT2D eigenvalue weighted by atomic mass is 9.95. The summed E-state index contributed by atoms with van der Waals surface area (Å²) in [4.78, 5) is 0. The van der Waals surface area contributed by atoms with Crippen LogP contribution in [0, 0.1) is 0 Å². The van der Waals surface area contributed by atoms with Gasteiger partial charge in [0.05, 0.1) is 0 Å². The zero-order valence-corrected chi connectivity index (χ0v) is 11.5. The van der Waals surface area contributed by atoms with E-state index in [9.17, 15) is 0 Å². The Kier molecular flexibility index (Phi) is 2.79. The molecule has 0 nitrogen and oxygen atoms in total. The Morgan fingerprint density at radius 2 is 1.94 bits per heavy atom. The minimum atomic E-state index is 1.09. The first-order valence-corrected chi connectivity index (χ1v) is 7.00. The molecule has 0 amide bonds. The van der Waals surface area contributed by atoms with Gasteiger partial charge < -0.3 is 0 Å². The summed E-state index contributed by atoms with van der Waals surface area (Å²) in [6, 6.07) is 11.0. The lowest BCUT2D eigenvalue weighted by molar-refractivity contribution is 0.976. The molecule has 0 aromatic heterocycles. The Labute approximate surface area is 110 Å². The molecular formula is C16H15Br. The molecule has 1 aliphatic carbocycles. The van der Waals surface area contributed by atoms with Crippen LogP contribution in [-0.2, 0) is 6.42 Å². The molecule has 1 aliphatic rings. The number of benzene rings is 2. The molecule has 3 rings (SSSR count).